The number of hydrogen-bond acceptors (Lipinski definition) is 4. The second-order valence-corrected chi connectivity index (χ2v) is 6.72. The van der Waals surface area contributed by atoms with Gasteiger partial charge >= 0.3 is 0 Å². The van der Waals surface area contributed by atoms with Crippen LogP contribution in [0.4, 0.5) is 5.69 Å². The van der Waals surface area contributed by atoms with Crippen molar-refractivity contribution in [3.63, 3.8) is 0 Å². The standard InChI is InChI=1S/C15H21BrN2O3/c16-13-5-4-12(8-14(13)18(20)21)9-17-10-15(11-19)6-2-1-3-7-15/h4-5,8,17,19H,1-3,6-7,9-11H2. The van der Waals surface area contributed by atoms with E-state index in [-0.39, 0.29) is 22.6 Å². The van der Waals surface area contributed by atoms with Crippen LogP contribution in [0.3, 0.4) is 0 Å². The summed E-state index contributed by atoms with van der Waals surface area (Å²) in [6.45, 7) is 1.55. The number of aliphatic hydroxyl groups excluding tert-OH is 1. The molecule has 1 aromatic carbocycles. The second-order valence-electron chi connectivity index (χ2n) is 5.87. The van der Waals surface area contributed by atoms with E-state index < -0.39 is 0 Å². The quantitative estimate of drug-likeness (QED) is 0.605. The molecule has 0 heterocycles. The van der Waals surface area contributed by atoms with Gasteiger partial charge in [-0.2, -0.15) is 0 Å². The van der Waals surface area contributed by atoms with Gasteiger partial charge in [0.25, 0.3) is 5.69 Å². The van der Waals surface area contributed by atoms with Crippen molar-refractivity contribution in [1.29, 1.82) is 0 Å². The summed E-state index contributed by atoms with van der Waals surface area (Å²) in [6, 6.07) is 5.16. The van der Waals surface area contributed by atoms with Gasteiger partial charge in [0.15, 0.2) is 0 Å². The van der Waals surface area contributed by atoms with Crippen molar-refractivity contribution >= 4 is 21.6 Å². The summed E-state index contributed by atoms with van der Waals surface area (Å²) >= 11 is 3.19. The van der Waals surface area contributed by atoms with Crippen molar-refractivity contribution in [2.24, 2.45) is 5.41 Å². The molecule has 1 aromatic rings. The molecule has 0 radical (unpaired) electrons. The number of rotatable bonds is 6. The lowest BCUT2D eigenvalue weighted by atomic mass is 9.74. The molecular weight excluding hydrogens is 336 g/mol. The lowest BCUT2D eigenvalue weighted by Gasteiger charge is -2.35. The third-order valence-corrected chi connectivity index (χ3v) is 4.96. The van der Waals surface area contributed by atoms with Gasteiger partial charge in [-0.05, 0) is 40.4 Å². The average Bonchev–Trinajstić information content (AvgIpc) is 2.49. The largest absolute Gasteiger partial charge is 0.396 e. The van der Waals surface area contributed by atoms with Gasteiger partial charge in [0.2, 0.25) is 0 Å². The smallest absolute Gasteiger partial charge is 0.283 e. The summed E-state index contributed by atoms with van der Waals surface area (Å²) in [5.74, 6) is 0. The minimum Gasteiger partial charge on any atom is -0.396 e. The molecule has 0 spiro atoms. The van der Waals surface area contributed by atoms with E-state index in [0.717, 1.165) is 24.9 Å². The van der Waals surface area contributed by atoms with Crippen LogP contribution in [0.1, 0.15) is 37.7 Å². The molecule has 116 valence electrons. The van der Waals surface area contributed by atoms with Crippen molar-refractivity contribution in [2.75, 3.05) is 13.2 Å². The maximum absolute atomic E-state index is 10.9. The molecule has 1 fully saturated rings. The maximum Gasteiger partial charge on any atom is 0.283 e. The van der Waals surface area contributed by atoms with Crippen molar-refractivity contribution in [2.45, 2.75) is 38.6 Å². The first-order valence-corrected chi connectivity index (χ1v) is 8.10. The highest BCUT2D eigenvalue weighted by Gasteiger charge is 2.30. The predicted molar refractivity (Wildman–Crippen MR) is 85.1 cm³/mol. The van der Waals surface area contributed by atoms with Crippen LogP contribution in [0, 0.1) is 15.5 Å². The fourth-order valence-electron chi connectivity index (χ4n) is 2.97. The molecule has 1 aliphatic rings. The molecule has 21 heavy (non-hydrogen) atoms. The maximum atomic E-state index is 10.9. The van der Waals surface area contributed by atoms with Gasteiger partial charge in [0.1, 0.15) is 0 Å². The Morgan fingerprint density at radius 1 is 1.33 bits per heavy atom. The third kappa shape index (κ3) is 4.25. The molecule has 0 atom stereocenters. The van der Waals surface area contributed by atoms with Crippen molar-refractivity contribution < 1.29 is 10.0 Å². The average molecular weight is 357 g/mol. The van der Waals surface area contributed by atoms with Gasteiger partial charge in [-0.25, -0.2) is 0 Å². The highest BCUT2D eigenvalue weighted by Crippen LogP contribution is 2.35. The van der Waals surface area contributed by atoms with Gasteiger partial charge in [-0.3, -0.25) is 10.1 Å². The topological polar surface area (TPSA) is 75.4 Å². The normalized spacial score (nSPS) is 17.6. The van der Waals surface area contributed by atoms with E-state index in [2.05, 4.69) is 21.2 Å². The van der Waals surface area contributed by atoms with Crippen molar-refractivity contribution in [3.8, 4) is 0 Å². The van der Waals surface area contributed by atoms with E-state index >= 15 is 0 Å². The molecular formula is C15H21BrN2O3. The number of nitro benzene ring substituents is 1. The highest BCUT2D eigenvalue weighted by molar-refractivity contribution is 9.10. The zero-order valence-electron chi connectivity index (χ0n) is 12.0. The zero-order chi connectivity index (χ0) is 15.3. The summed E-state index contributed by atoms with van der Waals surface area (Å²) < 4.78 is 0.496. The van der Waals surface area contributed by atoms with Gasteiger partial charge in [-0.1, -0.05) is 25.3 Å². The van der Waals surface area contributed by atoms with E-state index in [1.54, 1.807) is 12.1 Å². The summed E-state index contributed by atoms with van der Waals surface area (Å²) in [5, 5.41) is 23.9. The summed E-state index contributed by atoms with van der Waals surface area (Å²) in [5.41, 5.74) is 0.956. The van der Waals surface area contributed by atoms with E-state index in [1.807, 2.05) is 6.07 Å². The van der Waals surface area contributed by atoms with Crippen LogP contribution in [0.25, 0.3) is 0 Å². The molecule has 6 heteroatoms. The first-order chi connectivity index (χ1) is 10.1. The number of aliphatic hydroxyl groups is 1. The number of halogens is 1. The fraction of sp³-hybridized carbons (Fsp3) is 0.600. The lowest BCUT2D eigenvalue weighted by molar-refractivity contribution is -0.385. The molecule has 0 aromatic heterocycles. The second kappa shape index (κ2) is 7.33. The van der Waals surface area contributed by atoms with Crippen molar-refractivity contribution in [3.05, 3.63) is 38.3 Å². The van der Waals surface area contributed by atoms with Crippen LogP contribution in [0.15, 0.2) is 22.7 Å². The molecule has 1 saturated carbocycles. The van der Waals surface area contributed by atoms with Gasteiger partial charge in [0, 0.05) is 31.2 Å². The molecule has 1 aliphatic carbocycles. The first-order valence-electron chi connectivity index (χ1n) is 7.31. The predicted octanol–water partition coefficient (Wildman–Crippen LogP) is 3.39. The van der Waals surface area contributed by atoms with Gasteiger partial charge in [0.05, 0.1) is 9.40 Å². The summed E-state index contributed by atoms with van der Waals surface area (Å²) in [7, 11) is 0. The Labute approximate surface area is 133 Å². The zero-order valence-corrected chi connectivity index (χ0v) is 13.6. The van der Waals surface area contributed by atoms with E-state index in [4.69, 9.17) is 0 Å². The molecule has 0 bridgehead atoms. The molecule has 5 nitrogen and oxygen atoms in total. The Bertz CT molecular complexity index is 502. The number of nitro groups is 1. The molecule has 2 N–H and O–H groups in total. The Hall–Kier alpha value is -0.980. The number of nitrogens with zero attached hydrogens (tertiary/aromatic N) is 1. The molecule has 0 amide bonds. The number of benzene rings is 1. The highest BCUT2D eigenvalue weighted by atomic mass is 79.9. The number of hydrogen-bond donors (Lipinski definition) is 2. The monoisotopic (exact) mass is 356 g/mol. The SMILES string of the molecule is O=[N+]([O-])c1cc(CNCC2(CO)CCCCC2)ccc1Br. The van der Waals surface area contributed by atoms with Crippen LogP contribution in [-0.4, -0.2) is 23.2 Å². The van der Waals surface area contributed by atoms with E-state index in [1.165, 1.54) is 19.3 Å². The minimum atomic E-state index is -0.385. The summed E-state index contributed by atoms with van der Waals surface area (Å²) in [4.78, 5) is 10.5. The Morgan fingerprint density at radius 2 is 2.05 bits per heavy atom. The Kier molecular flexibility index (Phi) is 5.72. The van der Waals surface area contributed by atoms with E-state index in [9.17, 15) is 15.2 Å². The Morgan fingerprint density at radius 3 is 2.67 bits per heavy atom. The van der Waals surface area contributed by atoms with Gasteiger partial charge < -0.3 is 10.4 Å². The lowest BCUT2D eigenvalue weighted by Crippen LogP contribution is -2.38. The molecule has 0 unspecified atom stereocenters. The van der Waals surface area contributed by atoms with Crippen molar-refractivity contribution in [1.82, 2.24) is 5.32 Å². The molecule has 0 aliphatic heterocycles. The summed E-state index contributed by atoms with van der Waals surface area (Å²) in [6.07, 6.45) is 5.70. The van der Waals surface area contributed by atoms with Crippen LogP contribution in [0.2, 0.25) is 0 Å². The fourth-order valence-corrected chi connectivity index (χ4v) is 3.36. The van der Waals surface area contributed by atoms with Crippen LogP contribution < -0.4 is 5.32 Å². The first kappa shape index (κ1) is 16.4. The minimum absolute atomic E-state index is 0.0143. The van der Waals surface area contributed by atoms with Gasteiger partial charge in [-0.15, -0.1) is 0 Å². The molecule has 2 rings (SSSR count). The Balaban J connectivity index is 1.93. The van der Waals surface area contributed by atoms with Crippen LogP contribution in [-0.2, 0) is 6.54 Å². The molecule has 0 saturated heterocycles. The van der Waals surface area contributed by atoms with Crippen LogP contribution >= 0.6 is 15.9 Å². The third-order valence-electron chi connectivity index (χ3n) is 4.29. The number of nitrogens with one attached hydrogen (secondary N) is 1. The van der Waals surface area contributed by atoms with E-state index in [0.29, 0.717) is 11.0 Å². The van der Waals surface area contributed by atoms with Crippen LogP contribution in [0.5, 0.6) is 0 Å².